The lowest BCUT2D eigenvalue weighted by Crippen LogP contribution is -2.29. The molecule has 0 unspecified atom stereocenters. The topological polar surface area (TPSA) is 66.8 Å². The average molecular weight is 702 g/mol. The van der Waals surface area contributed by atoms with Crippen LogP contribution in [0.15, 0.2) is 59.4 Å². The summed E-state index contributed by atoms with van der Waals surface area (Å²) in [5, 5.41) is 0.600. The lowest BCUT2D eigenvalue weighted by Gasteiger charge is -2.31. The molecule has 1 aliphatic carbocycles. The van der Waals surface area contributed by atoms with Crippen LogP contribution in [0.5, 0.6) is 11.5 Å². The highest BCUT2D eigenvalue weighted by Gasteiger charge is 2.34. The van der Waals surface area contributed by atoms with E-state index in [2.05, 4.69) is 47.6 Å². The second-order valence-corrected chi connectivity index (χ2v) is 14.6. The van der Waals surface area contributed by atoms with Crippen molar-refractivity contribution in [3.63, 3.8) is 0 Å². The summed E-state index contributed by atoms with van der Waals surface area (Å²) in [5.41, 5.74) is 4.22. The number of fused-ring (bicyclic) bond motifs is 2. The number of ketones is 1. The molecule has 6 heteroatoms. The van der Waals surface area contributed by atoms with E-state index in [4.69, 9.17) is 11.3 Å². The van der Waals surface area contributed by atoms with Crippen LogP contribution in [0.1, 0.15) is 151 Å². The molecule has 276 valence electrons. The van der Waals surface area contributed by atoms with Gasteiger partial charge < -0.3 is 14.6 Å². The van der Waals surface area contributed by atoms with E-state index in [0.29, 0.717) is 44.7 Å². The third-order valence-electron chi connectivity index (χ3n) is 10.6. The zero-order valence-corrected chi connectivity index (χ0v) is 32.0. The first-order valence-corrected chi connectivity index (χ1v) is 20.3. The van der Waals surface area contributed by atoms with E-state index in [0.717, 1.165) is 57.3 Å². The number of nitrogens with one attached hydrogen (secondary N) is 1. The molecule has 1 N–H and O–H groups in total. The van der Waals surface area contributed by atoms with Gasteiger partial charge in [0, 0.05) is 35.7 Å². The Bertz CT molecular complexity index is 1880. The molecule has 0 saturated carbocycles. The van der Waals surface area contributed by atoms with Crippen LogP contribution in [0.2, 0.25) is 0 Å². The first-order valence-electron chi connectivity index (χ1n) is 20.3. The van der Waals surface area contributed by atoms with E-state index in [1.54, 1.807) is 6.07 Å². The van der Waals surface area contributed by atoms with E-state index in [1.165, 1.54) is 82.6 Å². The van der Waals surface area contributed by atoms with Gasteiger partial charge in [-0.05, 0) is 48.9 Å². The highest BCUT2D eigenvalue weighted by Crippen LogP contribution is 2.49. The number of pyridine rings is 1. The van der Waals surface area contributed by atoms with Gasteiger partial charge in [0.2, 0.25) is 0 Å². The normalized spacial score (nSPS) is 11.8. The van der Waals surface area contributed by atoms with Crippen molar-refractivity contribution in [3.8, 4) is 22.6 Å². The third-order valence-corrected chi connectivity index (χ3v) is 10.6. The third kappa shape index (κ3) is 9.54. The Labute approximate surface area is 311 Å². The summed E-state index contributed by atoms with van der Waals surface area (Å²) < 4.78 is 6.70. The highest BCUT2D eigenvalue weighted by molar-refractivity contribution is 6.30. The molecule has 0 atom stereocenters. The number of hydrogen-bond donors (Lipinski definition) is 1. The van der Waals surface area contributed by atoms with Gasteiger partial charge >= 0.3 is 0 Å². The number of nitrogens with zero attached hydrogens (tertiary/aromatic N) is 2. The van der Waals surface area contributed by atoms with Crippen molar-refractivity contribution in [2.45, 2.75) is 136 Å². The van der Waals surface area contributed by atoms with Gasteiger partial charge in [-0.1, -0.05) is 147 Å². The van der Waals surface area contributed by atoms with Crippen molar-refractivity contribution in [2.24, 2.45) is 0 Å². The van der Waals surface area contributed by atoms with E-state index in [-0.39, 0.29) is 11.5 Å². The summed E-state index contributed by atoms with van der Waals surface area (Å²) in [6.45, 7) is 16.2. The van der Waals surface area contributed by atoms with Crippen LogP contribution in [0.3, 0.4) is 0 Å². The molecule has 5 rings (SSSR count). The molecule has 6 nitrogen and oxygen atoms in total. The first-order chi connectivity index (χ1) is 25.5. The number of anilines is 1. The van der Waals surface area contributed by atoms with Crippen LogP contribution in [-0.4, -0.2) is 23.9 Å². The molecule has 0 bridgehead atoms. The molecule has 0 saturated heterocycles. The smallest absolute Gasteiger partial charge is 0.258 e. The largest absolute Gasteiger partial charge is 0.455 e. The number of aromatic amines is 1. The summed E-state index contributed by atoms with van der Waals surface area (Å²) in [5.74, 6) is 1.10. The van der Waals surface area contributed by atoms with Crippen molar-refractivity contribution < 1.29 is 9.53 Å². The van der Waals surface area contributed by atoms with E-state index in [1.807, 2.05) is 36.4 Å². The van der Waals surface area contributed by atoms with Gasteiger partial charge in [0.1, 0.15) is 5.75 Å². The average Bonchev–Trinajstić information content (AvgIpc) is 3.16. The lowest BCUT2D eigenvalue weighted by atomic mass is 9.82. The minimum Gasteiger partial charge on any atom is -0.455 e. The zero-order valence-electron chi connectivity index (χ0n) is 32.0. The number of carbonyl (C=O) groups excluding carboxylic acids is 1. The zero-order chi connectivity index (χ0) is 36.7. The number of rotatable bonds is 23. The quantitative estimate of drug-likeness (QED) is 0.0544. The fraction of sp³-hybridized carbons (Fsp3) is 0.500. The molecule has 0 spiro atoms. The van der Waals surface area contributed by atoms with Gasteiger partial charge in [-0.3, -0.25) is 9.59 Å². The van der Waals surface area contributed by atoms with Gasteiger partial charge in [0.05, 0.1) is 23.3 Å². The van der Waals surface area contributed by atoms with Crippen molar-refractivity contribution in [1.82, 2.24) is 4.98 Å². The molecular weight excluding hydrogens is 643 g/mol. The monoisotopic (exact) mass is 701 g/mol. The molecule has 1 aliphatic rings. The van der Waals surface area contributed by atoms with Crippen LogP contribution in [0.25, 0.3) is 26.9 Å². The van der Waals surface area contributed by atoms with Gasteiger partial charge in [0.25, 0.3) is 11.2 Å². The molecule has 4 aromatic rings. The standard InChI is InChI=1S/C46H59N3O3/c1-5-8-11-12-13-14-15-16-17-18-19-20-21-25-34-26-24-27-35(32-34)52-39-33-38(49(30-9-6-2)31-10-7-3)41-42-40(44(47-4)46(51)48-43(39)42)36-28-22-23-29-37(36)45(41)50/h22-24,26-29,32-33H,5-21,25,30-31H2,1-3H3,(H,48,51). The molecule has 0 radical (unpaired) electrons. The fourth-order valence-corrected chi connectivity index (χ4v) is 7.67. The van der Waals surface area contributed by atoms with Crippen molar-refractivity contribution >= 4 is 28.1 Å². The summed E-state index contributed by atoms with van der Waals surface area (Å²) in [6, 6.07) is 17.6. The molecule has 1 heterocycles. The molecule has 0 amide bonds. The number of ether oxygens (including phenoxy) is 1. The minimum absolute atomic E-state index is 0.00488. The predicted octanol–water partition coefficient (Wildman–Crippen LogP) is 13.1. The number of unbranched alkanes of at least 4 members (excludes halogenated alkanes) is 14. The number of carbonyl (C=O) groups is 1. The van der Waals surface area contributed by atoms with Gasteiger partial charge in [-0.2, -0.15) is 0 Å². The maximum absolute atomic E-state index is 14.4. The Morgan fingerprint density at radius 2 is 1.27 bits per heavy atom. The summed E-state index contributed by atoms with van der Waals surface area (Å²) >= 11 is 0. The second-order valence-electron chi connectivity index (χ2n) is 14.6. The summed E-state index contributed by atoms with van der Waals surface area (Å²) in [6.07, 6.45) is 22.4. The van der Waals surface area contributed by atoms with Crippen molar-refractivity contribution in [2.75, 3.05) is 18.0 Å². The number of aromatic nitrogens is 1. The van der Waals surface area contributed by atoms with E-state index >= 15 is 0 Å². The van der Waals surface area contributed by atoms with Crippen LogP contribution in [0.4, 0.5) is 11.4 Å². The van der Waals surface area contributed by atoms with E-state index in [9.17, 15) is 9.59 Å². The molecule has 3 aromatic carbocycles. The fourth-order valence-electron chi connectivity index (χ4n) is 7.67. The SMILES string of the molecule is [C-]#[N+]c1c2c3c(c(N(CCCC)CCCC)cc(Oc4cccc(CCCCCCCCCCCCCCC)c4)c3[nH]c1=O)C(=O)c1ccccc1-2. The molecule has 0 fully saturated rings. The van der Waals surface area contributed by atoms with Gasteiger partial charge in [-0.15, -0.1) is 0 Å². The Balaban J connectivity index is 1.37. The molecule has 0 aliphatic heterocycles. The summed E-state index contributed by atoms with van der Waals surface area (Å²) in [4.78, 5) is 36.9. The van der Waals surface area contributed by atoms with Crippen LogP contribution in [-0.2, 0) is 6.42 Å². The van der Waals surface area contributed by atoms with E-state index < -0.39 is 5.56 Å². The number of aryl methyl sites for hydroxylation is 1. The number of benzene rings is 3. The molecular formula is C46H59N3O3. The maximum atomic E-state index is 14.4. The highest BCUT2D eigenvalue weighted by atomic mass is 16.5. The van der Waals surface area contributed by atoms with Crippen molar-refractivity contribution in [3.05, 3.63) is 93.1 Å². The maximum Gasteiger partial charge on any atom is 0.258 e. The van der Waals surface area contributed by atoms with Gasteiger partial charge in [-0.25, -0.2) is 4.85 Å². The van der Waals surface area contributed by atoms with Crippen LogP contribution >= 0.6 is 0 Å². The summed E-state index contributed by atoms with van der Waals surface area (Å²) in [7, 11) is 0. The Kier molecular flexibility index (Phi) is 15.0. The van der Waals surface area contributed by atoms with Crippen LogP contribution < -0.4 is 15.2 Å². The first kappa shape index (κ1) is 38.9. The lowest BCUT2D eigenvalue weighted by molar-refractivity contribution is 0.104. The Hall–Kier alpha value is -4.37. The minimum atomic E-state index is -0.477. The second kappa shape index (κ2) is 20.0. The number of H-pyrrole nitrogens is 1. The molecule has 1 aromatic heterocycles. The van der Waals surface area contributed by atoms with Gasteiger partial charge in [0.15, 0.2) is 11.5 Å². The van der Waals surface area contributed by atoms with Crippen LogP contribution in [0, 0.1) is 6.57 Å². The predicted molar refractivity (Wildman–Crippen MR) is 218 cm³/mol. The Morgan fingerprint density at radius 3 is 1.88 bits per heavy atom. The number of hydrogen-bond acceptors (Lipinski definition) is 4. The molecule has 52 heavy (non-hydrogen) atoms. The Morgan fingerprint density at radius 1 is 0.673 bits per heavy atom. The van der Waals surface area contributed by atoms with Crippen molar-refractivity contribution in [1.29, 1.82) is 0 Å².